The quantitative estimate of drug-likeness (QED) is 0.537. The van der Waals surface area contributed by atoms with E-state index in [0.29, 0.717) is 31.9 Å². The maximum atomic E-state index is 13.1. The number of morpholine rings is 1. The fourth-order valence-corrected chi connectivity index (χ4v) is 4.15. The number of pyridine rings is 1. The van der Waals surface area contributed by atoms with Crippen LogP contribution in [0.5, 0.6) is 0 Å². The highest BCUT2D eigenvalue weighted by molar-refractivity contribution is 7.13. The number of rotatable bonds is 3. The molecule has 0 spiro atoms. The molecule has 1 aliphatic heterocycles. The highest BCUT2D eigenvalue weighted by Crippen LogP contribution is 2.31. The summed E-state index contributed by atoms with van der Waals surface area (Å²) in [6, 6.07) is 7.80. The predicted molar refractivity (Wildman–Crippen MR) is 106 cm³/mol. The molecule has 7 nitrogen and oxygen atoms in total. The molecule has 4 aromatic heterocycles. The molecule has 0 saturated carbocycles. The lowest BCUT2D eigenvalue weighted by atomic mass is 10.2. The topological polar surface area (TPSA) is 72.6 Å². The van der Waals surface area contributed by atoms with Crippen molar-refractivity contribution in [2.75, 3.05) is 26.3 Å². The number of hydrogen-bond donors (Lipinski definition) is 0. The van der Waals surface area contributed by atoms with Gasteiger partial charge in [-0.05, 0) is 18.2 Å². The second-order valence-electron chi connectivity index (χ2n) is 6.43. The van der Waals surface area contributed by atoms with E-state index in [2.05, 4.69) is 9.97 Å². The van der Waals surface area contributed by atoms with Gasteiger partial charge in [0.1, 0.15) is 10.7 Å². The van der Waals surface area contributed by atoms with Crippen molar-refractivity contribution in [1.29, 1.82) is 0 Å². The van der Waals surface area contributed by atoms with Crippen LogP contribution in [-0.4, -0.2) is 56.5 Å². The first-order valence-electron chi connectivity index (χ1n) is 9.00. The van der Waals surface area contributed by atoms with Crippen molar-refractivity contribution in [3.63, 3.8) is 0 Å². The Morgan fingerprint density at radius 3 is 2.86 bits per heavy atom. The number of ether oxygens (including phenoxy) is 1. The lowest BCUT2D eigenvalue weighted by Crippen LogP contribution is -2.40. The Morgan fingerprint density at radius 2 is 2.04 bits per heavy atom. The van der Waals surface area contributed by atoms with E-state index in [1.165, 1.54) is 11.3 Å². The van der Waals surface area contributed by atoms with Crippen LogP contribution in [0.15, 0.2) is 54.4 Å². The normalized spacial score (nSPS) is 14.5. The summed E-state index contributed by atoms with van der Waals surface area (Å²) in [5.41, 5.74) is 4.00. The number of amides is 1. The average Bonchev–Trinajstić information content (AvgIpc) is 3.40. The van der Waals surface area contributed by atoms with Crippen LogP contribution in [0, 0.1) is 0 Å². The molecule has 8 heteroatoms. The molecule has 140 valence electrons. The van der Waals surface area contributed by atoms with Crippen LogP contribution in [0.3, 0.4) is 0 Å². The SMILES string of the molecule is O=C(c1cc(-c2csc(-c3cnccn3)n2)n2ccccc12)N1CCOCC1. The maximum Gasteiger partial charge on any atom is 0.256 e. The van der Waals surface area contributed by atoms with Gasteiger partial charge in [0, 0.05) is 37.1 Å². The smallest absolute Gasteiger partial charge is 0.256 e. The number of thiazole rings is 1. The highest BCUT2D eigenvalue weighted by atomic mass is 32.1. The molecule has 4 aromatic rings. The molecule has 28 heavy (non-hydrogen) atoms. The van der Waals surface area contributed by atoms with E-state index in [4.69, 9.17) is 9.72 Å². The van der Waals surface area contributed by atoms with Crippen molar-refractivity contribution in [3.05, 3.63) is 60.0 Å². The number of nitrogens with zero attached hydrogens (tertiary/aromatic N) is 5. The number of fused-ring (bicyclic) bond motifs is 1. The van der Waals surface area contributed by atoms with Crippen LogP contribution < -0.4 is 0 Å². The van der Waals surface area contributed by atoms with Gasteiger partial charge in [0.15, 0.2) is 0 Å². The zero-order valence-corrected chi connectivity index (χ0v) is 15.8. The average molecular weight is 391 g/mol. The molecule has 0 aliphatic carbocycles. The van der Waals surface area contributed by atoms with Crippen LogP contribution in [0.1, 0.15) is 10.4 Å². The second kappa shape index (κ2) is 7.14. The minimum atomic E-state index is 0.0302. The van der Waals surface area contributed by atoms with Crippen LogP contribution >= 0.6 is 11.3 Å². The lowest BCUT2D eigenvalue weighted by molar-refractivity contribution is 0.0304. The molecular weight excluding hydrogens is 374 g/mol. The molecule has 0 bridgehead atoms. The van der Waals surface area contributed by atoms with Crippen molar-refractivity contribution >= 4 is 22.8 Å². The third kappa shape index (κ3) is 2.96. The molecule has 0 atom stereocenters. The minimum absolute atomic E-state index is 0.0302. The zero-order valence-electron chi connectivity index (χ0n) is 15.0. The van der Waals surface area contributed by atoms with Crippen molar-refractivity contribution in [3.8, 4) is 22.1 Å². The maximum absolute atomic E-state index is 13.1. The first kappa shape index (κ1) is 17.0. The summed E-state index contributed by atoms with van der Waals surface area (Å²) < 4.78 is 7.39. The van der Waals surface area contributed by atoms with Crippen LogP contribution in [-0.2, 0) is 4.74 Å². The van der Waals surface area contributed by atoms with Crippen LogP contribution in [0.4, 0.5) is 0 Å². The van der Waals surface area contributed by atoms with Gasteiger partial charge >= 0.3 is 0 Å². The molecule has 1 amide bonds. The van der Waals surface area contributed by atoms with Gasteiger partial charge in [-0.15, -0.1) is 11.3 Å². The first-order chi connectivity index (χ1) is 13.8. The van der Waals surface area contributed by atoms with Gasteiger partial charge in [0.05, 0.1) is 41.9 Å². The minimum Gasteiger partial charge on any atom is -0.378 e. The summed E-state index contributed by atoms with van der Waals surface area (Å²) in [4.78, 5) is 28.1. The highest BCUT2D eigenvalue weighted by Gasteiger charge is 2.23. The van der Waals surface area contributed by atoms with Crippen LogP contribution in [0.25, 0.3) is 27.6 Å². The van der Waals surface area contributed by atoms with E-state index in [-0.39, 0.29) is 5.91 Å². The van der Waals surface area contributed by atoms with E-state index in [0.717, 1.165) is 27.6 Å². The summed E-state index contributed by atoms with van der Waals surface area (Å²) in [5, 5.41) is 2.79. The van der Waals surface area contributed by atoms with Gasteiger partial charge in [-0.25, -0.2) is 4.98 Å². The molecule has 0 aromatic carbocycles. The molecule has 1 fully saturated rings. The van der Waals surface area contributed by atoms with Crippen molar-refractivity contribution in [2.45, 2.75) is 0 Å². The van der Waals surface area contributed by atoms with Gasteiger partial charge in [-0.3, -0.25) is 14.8 Å². The third-order valence-corrected chi connectivity index (χ3v) is 5.62. The van der Waals surface area contributed by atoms with E-state index in [1.807, 2.05) is 45.1 Å². The molecule has 0 radical (unpaired) electrons. The predicted octanol–water partition coefficient (Wildman–Crippen LogP) is 2.99. The molecule has 5 rings (SSSR count). The van der Waals surface area contributed by atoms with Gasteiger partial charge in [-0.1, -0.05) is 6.07 Å². The Morgan fingerprint density at radius 1 is 1.14 bits per heavy atom. The number of carbonyl (C=O) groups excluding carboxylic acids is 1. The van der Waals surface area contributed by atoms with E-state index >= 15 is 0 Å². The fourth-order valence-electron chi connectivity index (χ4n) is 3.38. The molecule has 0 N–H and O–H groups in total. The number of carbonyl (C=O) groups is 1. The number of hydrogen-bond acceptors (Lipinski definition) is 6. The Balaban J connectivity index is 1.57. The first-order valence-corrected chi connectivity index (χ1v) is 9.88. The van der Waals surface area contributed by atoms with E-state index in [1.54, 1.807) is 18.6 Å². The molecular formula is C20H17N5O2S. The Labute approximate surface area is 165 Å². The zero-order chi connectivity index (χ0) is 18.9. The lowest BCUT2D eigenvalue weighted by Gasteiger charge is -2.26. The molecule has 1 aliphatic rings. The van der Waals surface area contributed by atoms with Gasteiger partial charge < -0.3 is 14.0 Å². The van der Waals surface area contributed by atoms with Crippen molar-refractivity contribution in [2.24, 2.45) is 0 Å². The monoisotopic (exact) mass is 391 g/mol. The standard InChI is InChI=1S/C20H17N5O2S/c26-20(24-7-9-27-10-8-24)14-11-18(25-6-2-1-3-17(14)25)16-13-28-19(23-16)15-12-21-4-5-22-15/h1-6,11-13H,7-10H2. The number of aromatic nitrogens is 4. The summed E-state index contributed by atoms with van der Waals surface area (Å²) in [7, 11) is 0. The summed E-state index contributed by atoms with van der Waals surface area (Å²) in [6.07, 6.45) is 6.96. The van der Waals surface area contributed by atoms with Gasteiger partial charge in [0.25, 0.3) is 5.91 Å². The Bertz CT molecular complexity index is 1130. The third-order valence-electron chi connectivity index (χ3n) is 4.75. The Hall–Kier alpha value is -3.10. The van der Waals surface area contributed by atoms with E-state index < -0.39 is 0 Å². The van der Waals surface area contributed by atoms with Crippen molar-refractivity contribution < 1.29 is 9.53 Å². The Kier molecular flexibility index (Phi) is 4.34. The molecule has 1 saturated heterocycles. The summed E-state index contributed by atoms with van der Waals surface area (Å²) in [6.45, 7) is 2.40. The molecule has 0 unspecified atom stereocenters. The van der Waals surface area contributed by atoms with Gasteiger partial charge in [0.2, 0.25) is 0 Å². The fraction of sp³-hybridized carbons (Fsp3) is 0.200. The van der Waals surface area contributed by atoms with Gasteiger partial charge in [-0.2, -0.15) is 0 Å². The van der Waals surface area contributed by atoms with E-state index in [9.17, 15) is 4.79 Å². The summed E-state index contributed by atoms with van der Waals surface area (Å²) >= 11 is 1.51. The largest absolute Gasteiger partial charge is 0.378 e. The molecule has 5 heterocycles. The second-order valence-corrected chi connectivity index (χ2v) is 7.29. The van der Waals surface area contributed by atoms with Crippen molar-refractivity contribution in [1.82, 2.24) is 24.3 Å². The van der Waals surface area contributed by atoms with Crippen LogP contribution in [0.2, 0.25) is 0 Å². The summed E-state index contributed by atoms with van der Waals surface area (Å²) in [5.74, 6) is 0.0302.